The van der Waals surface area contributed by atoms with Crippen LogP contribution in [0.5, 0.6) is 0 Å². The van der Waals surface area contributed by atoms with E-state index in [9.17, 15) is 62.3 Å². The van der Waals surface area contributed by atoms with Crippen molar-refractivity contribution in [3.63, 3.8) is 0 Å². The Balaban J connectivity index is 0. The van der Waals surface area contributed by atoms with Crippen molar-refractivity contribution in [2.75, 3.05) is 52.6 Å². The van der Waals surface area contributed by atoms with Crippen LogP contribution < -0.4 is 0 Å². The van der Waals surface area contributed by atoms with Crippen LogP contribution in [-0.2, 0) is 66.7 Å². The fourth-order valence-electron chi connectivity index (χ4n) is 3.36. The zero-order valence-electron chi connectivity index (χ0n) is 27.8. The Bertz CT molecular complexity index is 1310. The van der Waals surface area contributed by atoms with Crippen LogP contribution in [0, 0.1) is 0 Å². The summed E-state index contributed by atoms with van der Waals surface area (Å²) in [5.41, 5.74) is -6.50. The van der Waals surface area contributed by atoms with Gasteiger partial charge in [0.05, 0.1) is 54.1 Å². The van der Waals surface area contributed by atoms with Gasteiger partial charge in [0.1, 0.15) is 6.61 Å². The molecule has 1 N–H and O–H groups in total. The second kappa shape index (κ2) is 23.8. The number of benzene rings is 2. The normalized spacial score (nSPS) is 12.9. The Morgan fingerprint density at radius 3 is 1.26 bits per heavy atom. The van der Waals surface area contributed by atoms with Gasteiger partial charge in [0, 0.05) is 27.3 Å². The number of ether oxygens (including phenoxy) is 2. The largest absolute Gasteiger partial charge is 0.416 e. The summed E-state index contributed by atoms with van der Waals surface area (Å²) in [5, 5.41) is 10.6. The van der Waals surface area contributed by atoms with E-state index >= 15 is 0 Å². The van der Waals surface area contributed by atoms with Gasteiger partial charge in [-0.3, -0.25) is 19.3 Å². The van der Waals surface area contributed by atoms with Crippen LogP contribution in [0.25, 0.3) is 0 Å². The maximum absolute atomic E-state index is 12.7. The number of nitrogens with zero attached hydrogens (tertiary/aromatic N) is 2. The number of carbonyl (C=O) groups is 2. The number of hydrogen-bond donors (Lipinski definition) is 1. The van der Waals surface area contributed by atoms with E-state index in [-0.39, 0.29) is 31.0 Å². The van der Waals surface area contributed by atoms with Gasteiger partial charge in [-0.1, -0.05) is 30.0 Å². The highest BCUT2D eigenvalue weighted by atomic mass is 127. The van der Waals surface area contributed by atoms with E-state index in [1.165, 1.54) is 39.2 Å². The van der Waals surface area contributed by atoms with E-state index in [0.717, 1.165) is 18.3 Å². The molecule has 1 heterocycles. The quantitative estimate of drug-likeness (QED) is 0.123. The van der Waals surface area contributed by atoms with Crippen molar-refractivity contribution < 1.29 is 86.5 Å². The lowest BCUT2D eigenvalue weighted by atomic mass is 10.1. The van der Waals surface area contributed by atoms with Crippen LogP contribution in [0.15, 0.2) is 36.4 Å². The molecule has 1 aliphatic rings. The number of hydrogen-bond acceptors (Lipinski definition) is 7. The van der Waals surface area contributed by atoms with Crippen molar-refractivity contribution in [3.05, 3.63) is 69.8 Å². The van der Waals surface area contributed by atoms with E-state index in [2.05, 4.69) is 9.68 Å². The standard InChI is InChI=1S/C13H13F6NO3.C9H6F6O.C4H8INO2.C4H8O.CH4/c1-20(22-2)11(21)7-23-6-8-3-9(12(14,15)16)5-10(4-8)13(17,18)19;10-8(11,12)6-1-5(4-16)2-7(3-6)9(13,14)15;1-6(8-2)4(7)3-5;1-2-4-5-3-1;/h3-5H,6-7H2,1-2H3;1-3,16H,4H2;3H2,1-2H3;1-4H2;1H4. The molecule has 0 aromatic heterocycles. The number of rotatable bonds is 8. The van der Waals surface area contributed by atoms with Gasteiger partial charge in [0.25, 0.3) is 11.8 Å². The smallest absolute Gasteiger partial charge is 0.392 e. The third-order valence-electron chi connectivity index (χ3n) is 6.16. The summed E-state index contributed by atoms with van der Waals surface area (Å²) in [7, 11) is 5.53. The van der Waals surface area contributed by atoms with Crippen LogP contribution in [0.3, 0.4) is 0 Å². The van der Waals surface area contributed by atoms with E-state index in [1.54, 1.807) is 7.05 Å². The number of alkyl halides is 13. The minimum absolute atomic E-state index is 0. The van der Waals surface area contributed by atoms with Crippen molar-refractivity contribution >= 4 is 34.4 Å². The second-order valence-corrected chi connectivity index (χ2v) is 10.8. The molecular weight excluding hydrogens is 867 g/mol. The molecule has 1 aliphatic heterocycles. The Hall–Kier alpha value is -2.93. The first-order chi connectivity index (χ1) is 23.8. The molecule has 0 saturated carbocycles. The van der Waals surface area contributed by atoms with Gasteiger partial charge < -0.3 is 14.6 Å². The number of halogens is 13. The monoisotopic (exact) mass is 906 g/mol. The van der Waals surface area contributed by atoms with Gasteiger partial charge in [0.2, 0.25) is 0 Å². The predicted molar refractivity (Wildman–Crippen MR) is 174 cm³/mol. The number of carbonyl (C=O) groups excluding carboxylic acids is 2. The molecule has 2 aromatic rings. The molecule has 3 rings (SSSR count). The number of amides is 2. The molecule has 9 nitrogen and oxygen atoms in total. The predicted octanol–water partition coefficient (Wildman–Crippen LogP) is 8.35. The molecule has 0 radical (unpaired) electrons. The first-order valence-corrected chi connectivity index (χ1v) is 15.8. The fraction of sp³-hybridized carbons (Fsp3) is 0.548. The second-order valence-electron chi connectivity index (χ2n) is 10.1. The lowest BCUT2D eigenvalue weighted by Gasteiger charge is -2.15. The molecule has 53 heavy (non-hydrogen) atoms. The summed E-state index contributed by atoms with van der Waals surface area (Å²) in [6.07, 6.45) is -17.0. The van der Waals surface area contributed by atoms with Crippen LogP contribution in [0.2, 0.25) is 0 Å². The minimum Gasteiger partial charge on any atom is -0.392 e. The zero-order valence-corrected chi connectivity index (χ0v) is 30.0. The highest BCUT2D eigenvalue weighted by molar-refractivity contribution is 14.1. The molecule has 0 aliphatic carbocycles. The summed E-state index contributed by atoms with van der Waals surface area (Å²) in [5.74, 6) is -0.663. The molecule has 2 aromatic carbocycles. The Kier molecular flexibility index (Phi) is 23.4. The highest BCUT2D eigenvalue weighted by Gasteiger charge is 2.38. The molecule has 1 saturated heterocycles. The molecule has 22 heteroatoms. The van der Waals surface area contributed by atoms with Crippen molar-refractivity contribution in [1.82, 2.24) is 10.1 Å². The first kappa shape index (κ1) is 52.2. The molecule has 0 unspecified atom stereocenters. The average Bonchev–Trinajstić information content (AvgIpc) is 3.66. The number of hydroxylamine groups is 4. The lowest BCUT2D eigenvalue weighted by molar-refractivity contribution is -0.173. The van der Waals surface area contributed by atoms with Crippen molar-refractivity contribution in [2.45, 2.75) is 58.2 Å². The van der Waals surface area contributed by atoms with Crippen LogP contribution >= 0.6 is 22.6 Å². The summed E-state index contributed by atoms with van der Waals surface area (Å²) in [4.78, 5) is 31.0. The molecule has 1 fully saturated rings. The summed E-state index contributed by atoms with van der Waals surface area (Å²) in [6, 6.07) is 2.08. The molecule has 0 bridgehead atoms. The van der Waals surface area contributed by atoms with Gasteiger partial charge >= 0.3 is 24.7 Å². The van der Waals surface area contributed by atoms with Crippen LogP contribution in [-0.4, -0.2) is 79.6 Å². The lowest BCUT2D eigenvalue weighted by Crippen LogP contribution is -2.29. The Morgan fingerprint density at radius 1 is 0.679 bits per heavy atom. The van der Waals surface area contributed by atoms with Gasteiger partial charge in [-0.25, -0.2) is 10.1 Å². The Labute approximate surface area is 311 Å². The fourth-order valence-corrected chi connectivity index (χ4v) is 3.84. The number of aliphatic hydroxyl groups excluding tert-OH is 1. The topological polar surface area (TPSA) is 97.8 Å². The van der Waals surface area contributed by atoms with E-state index < -0.39 is 78.3 Å². The Morgan fingerprint density at radius 2 is 1.02 bits per heavy atom. The van der Waals surface area contributed by atoms with Crippen molar-refractivity contribution in [3.8, 4) is 0 Å². The minimum atomic E-state index is -4.93. The third-order valence-corrected chi connectivity index (χ3v) is 6.82. The maximum atomic E-state index is 12.7. The molecule has 306 valence electrons. The first-order valence-electron chi connectivity index (χ1n) is 14.3. The van der Waals surface area contributed by atoms with Crippen LogP contribution in [0.4, 0.5) is 52.7 Å². The van der Waals surface area contributed by atoms with Gasteiger partial charge in [-0.2, -0.15) is 52.7 Å². The molecular formula is C31H39F12IN2O7. The van der Waals surface area contributed by atoms with E-state index in [4.69, 9.17) is 14.6 Å². The van der Waals surface area contributed by atoms with E-state index in [0.29, 0.717) is 28.7 Å². The summed E-state index contributed by atoms with van der Waals surface area (Å²) >= 11 is 1.98. The van der Waals surface area contributed by atoms with Gasteiger partial charge in [-0.15, -0.1) is 0 Å². The highest BCUT2D eigenvalue weighted by Crippen LogP contribution is 2.37. The van der Waals surface area contributed by atoms with Crippen molar-refractivity contribution in [1.29, 1.82) is 0 Å². The van der Waals surface area contributed by atoms with Crippen LogP contribution in [0.1, 0.15) is 53.6 Å². The molecule has 0 atom stereocenters. The van der Waals surface area contributed by atoms with Gasteiger partial charge in [-0.05, 0) is 60.4 Å². The number of likely N-dealkylation sites (N-methyl/N-ethyl adjacent to an activating group) is 1. The summed E-state index contributed by atoms with van der Waals surface area (Å²) in [6.45, 7) is -0.0226. The maximum Gasteiger partial charge on any atom is 0.416 e. The third kappa shape index (κ3) is 20.9. The van der Waals surface area contributed by atoms with Gasteiger partial charge in [0.15, 0.2) is 0 Å². The molecule has 0 spiro atoms. The number of aliphatic hydroxyl groups is 1. The van der Waals surface area contributed by atoms with Crippen molar-refractivity contribution in [2.24, 2.45) is 0 Å². The SMILES string of the molecule is C.C1CCOC1.CON(C)C(=O)CI.CON(C)C(=O)COCc1cc(C(F)(F)F)cc(C(F)(F)F)c1.OCc1cc(C(F)(F)F)cc(C(F)(F)F)c1. The molecule has 2 amide bonds. The van der Waals surface area contributed by atoms with E-state index in [1.807, 2.05) is 22.6 Å². The zero-order chi connectivity index (χ0) is 40.5. The average molecular weight is 907 g/mol. The summed E-state index contributed by atoms with van der Waals surface area (Å²) < 4.78 is 159.